The number of benzene rings is 1. The molecule has 21 heavy (non-hydrogen) atoms. The van der Waals surface area contributed by atoms with E-state index < -0.39 is 5.54 Å². The van der Waals surface area contributed by atoms with Crippen LogP contribution in [0.15, 0.2) is 24.4 Å². The van der Waals surface area contributed by atoms with Crippen LogP contribution in [-0.4, -0.2) is 14.9 Å². The molecule has 1 aromatic heterocycles. The van der Waals surface area contributed by atoms with E-state index in [2.05, 4.69) is 16.9 Å². The zero-order valence-corrected chi connectivity index (χ0v) is 12.5. The first-order valence-corrected chi connectivity index (χ1v) is 6.95. The predicted octanol–water partition coefficient (Wildman–Crippen LogP) is 3.27. The number of H-pyrrole nitrogens is 1. The van der Waals surface area contributed by atoms with Gasteiger partial charge < -0.3 is 10.7 Å². The van der Waals surface area contributed by atoms with E-state index >= 15 is 0 Å². The number of aromatic amines is 1. The van der Waals surface area contributed by atoms with E-state index in [1.807, 2.05) is 13.0 Å². The molecule has 0 saturated heterocycles. The average Bonchev–Trinajstić information content (AvgIpc) is 2.89. The number of hydrogen-bond donors (Lipinski definition) is 2. The Labute approximate surface area is 123 Å². The van der Waals surface area contributed by atoms with Gasteiger partial charge in [-0.1, -0.05) is 25.5 Å². The van der Waals surface area contributed by atoms with Crippen molar-refractivity contribution in [3.63, 3.8) is 0 Å². The van der Waals surface area contributed by atoms with Crippen LogP contribution in [0.3, 0.4) is 0 Å². The Balaban J connectivity index is 2.38. The summed E-state index contributed by atoms with van der Waals surface area (Å²) in [7, 11) is 0. The molecule has 0 bridgehead atoms. The lowest BCUT2D eigenvalue weighted by molar-refractivity contribution is -0.385. The molecule has 0 spiro atoms. The second-order valence-electron chi connectivity index (χ2n) is 5.57. The second kappa shape index (κ2) is 5.65. The van der Waals surface area contributed by atoms with Gasteiger partial charge in [0.05, 0.1) is 22.4 Å². The molecule has 2 aromatic rings. The molecule has 112 valence electrons. The Bertz CT molecular complexity index is 661. The summed E-state index contributed by atoms with van der Waals surface area (Å²) in [6.45, 7) is 5.72. The van der Waals surface area contributed by atoms with Gasteiger partial charge in [0, 0.05) is 17.2 Å². The molecular weight excluding hydrogens is 268 g/mol. The highest BCUT2D eigenvalue weighted by atomic mass is 16.6. The van der Waals surface area contributed by atoms with Crippen molar-refractivity contribution in [2.24, 2.45) is 5.73 Å². The van der Waals surface area contributed by atoms with Crippen LogP contribution >= 0.6 is 0 Å². The fraction of sp³-hybridized carbons (Fsp3) is 0.400. The van der Waals surface area contributed by atoms with Crippen molar-refractivity contribution in [2.45, 2.75) is 39.2 Å². The van der Waals surface area contributed by atoms with E-state index in [4.69, 9.17) is 5.73 Å². The number of aromatic nitrogens is 2. The molecule has 1 heterocycles. The topological polar surface area (TPSA) is 97.8 Å². The first-order chi connectivity index (χ1) is 9.85. The van der Waals surface area contributed by atoms with Crippen molar-refractivity contribution in [3.05, 3.63) is 45.9 Å². The van der Waals surface area contributed by atoms with E-state index in [1.165, 1.54) is 0 Å². The molecule has 1 aromatic carbocycles. The summed E-state index contributed by atoms with van der Waals surface area (Å²) < 4.78 is 0. The largest absolute Gasteiger partial charge is 0.340 e. The fourth-order valence-corrected chi connectivity index (χ4v) is 2.37. The van der Waals surface area contributed by atoms with Crippen molar-refractivity contribution < 1.29 is 4.92 Å². The summed E-state index contributed by atoms with van der Waals surface area (Å²) in [6.07, 6.45) is 3.44. The number of nitrogens with two attached hydrogens (primary N) is 1. The monoisotopic (exact) mass is 288 g/mol. The van der Waals surface area contributed by atoms with Gasteiger partial charge in [-0.25, -0.2) is 4.98 Å². The highest BCUT2D eigenvalue weighted by Crippen LogP contribution is 2.28. The standard InChI is InChI=1S/C15H20N4O2/c1-4-7-15(3,16)14-17-9-12(18-14)11-6-5-10(2)13(8-11)19(20)21/h5-6,8-9H,4,7,16H2,1-3H3,(H,17,18). The van der Waals surface area contributed by atoms with Gasteiger partial charge in [0.25, 0.3) is 5.69 Å². The zero-order chi connectivity index (χ0) is 15.6. The zero-order valence-electron chi connectivity index (χ0n) is 12.5. The van der Waals surface area contributed by atoms with Gasteiger partial charge in [0.2, 0.25) is 0 Å². The van der Waals surface area contributed by atoms with Crippen molar-refractivity contribution in [3.8, 4) is 11.3 Å². The van der Waals surface area contributed by atoms with Gasteiger partial charge in [-0.05, 0) is 20.3 Å². The van der Waals surface area contributed by atoms with Crippen molar-refractivity contribution >= 4 is 5.69 Å². The molecule has 2 rings (SSSR count). The summed E-state index contributed by atoms with van der Waals surface area (Å²) in [5.74, 6) is 0.697. The van der Waals surface area contributed by atoms with Crippen LogP contribution in [0.25, 0.3) is 11.3 Å². The predicted molar refractivity (Wildman–Crippen MR) is 81.9 cm³/mol. The number of nitro groups is 1. The number of nitrogens with one attached hydrogen (secondary N) is 1. The second-order valence-corrected chi connectivity index (χ2v) is 5.57. The minimum absolute atomic E-state index is 0.104. The molecule has 3 N–H and O–H groups in total. The number of nitro benzene ring substituents is 1. The molecule has 0 aliphatic carbocycles. The minimum Gasteiger partial charge on any atom is -0.340 e. The molecule has 0 saturated carbocycles. The lowest BCUT2D eigenvalue weighted by Crippen LogP contribution is -2.34. The van der Waals surface area contributed by atoms with Crippen LogP contribution in [0.4, 0.5) is 5.69 Å². The number of imidazole rings is 1. The summed E-state index contributed by atoms with van der Waals surface area (Å²) in [6, 6.07) is 5.13. The Morgan fingerprint density at radius 2 is 2.19 bits per heavy atom. The smallest absolute Gasteiger partial charge is 0.272 e. The van der Waals surface area contributed by atoms with Gasteiger partial charge in [-0.2, -0.15) is 0 Å². The van der Waals surface area contributed by atoms with Crippen LogP contribution in [0, 0.1) is 17.0 Å². The summed E-state index contributed by atoms with van der Waals surface area (Å²) >= 11 is 0. The van der Waals surface area contributed by atoms with Gasteiger partial charge in [0.15, 0.2) is 0 Å². The summed E-state index contributed by atoms with van der Waals surface area (Å²) in [5.41, 5.74) is 7.93. The van der Waals surface area contributed by atoms with Crippen LogP contribution < -0.4 is 5.73 Å². The summed E-state index contributed by atoms with van der Waals surface area (Å²) in [5, 5.41) is 11.0. The SMILES string of the molecule is CCCC(C)(N)c1ncc(-c2ccc(C)c([N+](=O)[O-])c2)[nH]1. The maximum Gasteiger partial charge on any atom is 0.272 e. The van der Waals surface area contributed by atoms with Crippen LogP contribution in [-0.2, 0) is 5.54 Å². The molecule has 1 unspecified atom stereocenters. The highest BCUT2D eigenvalue weighted by Gasteiger charge is 2.24. The van der Waals surface area contributed by atoms with E-state index in [1.54, 1.807) is 25.3 Å². The Morgan fingerprint density at radius 3 is 2.81 bits per heavy atom. The van der Waals surface area contributed by atoms with Crippen molar-refractivity contribution in [2.75, 3.05) is 0 Å². The third-order valence-corrected chi connectivity index (χ3v) is 3.60. The Kier molecular flexibility index (Phi) is 4.09. The molecular formula is C15H20N4O2. The van der Waals surface area contributed by atoms with E-state index in [-0.39, 0.29) is 10.6 Å². The average molecular weight is 288 g/mol. The number of nitrogens with zero attached hydrogens (tertiary/aromatic N) is 2. The first kappa shape index (κ1) is 15.2. The van der Waals surface area contributed by atoms with Crippen molar-refractivity contribution in [1.29, 1.82) is 0 Å². The number of rotatable bonds is 5. The molecule has 0 amide bonds. The van der Waals surface area contributed by atoms with Crippen LogP contribution in [0.2, 0.25) is 0 Å². The molecule has 0 aliphatic rings. The first-order valence-electron chi connectivity index (χ1n) is 6.95. The van der Waals surface area contributed by atoms with E-state index in [0.29, 0.717) is 11.4 Å². The van der Waals surface area contributed by atoms with Gasteiger partial charge in [-0.3, -0.25) is 10.1 Å². The van der Waals surface area contributed by atoms with E-state index in [9.17, 15) is 10.1 Å². The third kappa shape index (κ3) is 3.11. The molecule has 0 fully saturated rings. The van der Waals surface area contributed by atoms with E-state index in [0.717, 1.165) is 24.1 Å². The summed E-state index contributed by atoms with van der Waals surface area (Å²) in [4.78, 5) is 18.2. The lowest BCUT2D eigenvalue weighted by Gasteiger charge is -2.21. The maximum absolute atomic E-state index is 11.0. The Hall–Kier alpha value is -2.21. The highest BCUT2D eigenvalue weighted by molar-refractivity contribution is 5.63. The number of aryl methyl sites for hydroxylation is 1. The fourth-order valence-electron chi connectivity index (χ4n) is 2.37. The quantitative estimate of drug-likeness (QED) is 0.651. The normalized spacial score (nSPS) is 13.9. The lowest BCUT2D eigenvalue weighted by atomic mass is 9.97. The van der Waals surface area contributed by atoms with Crippen LogP contribution in [0.5, 0.6) is 0 Å². The molecule has 0 radical (unpaired) electrons. The molecule has 1 atom stereocenters. The minimum atomic E-state index is -0.524. The van der Waals surface area contributed by atoms with Gasteiger partial charge >= 0.3 is 0 Å². The molecule has 0 aliphatic heterocycles. The molecule has 6 heteroatoms. The molecule has 6 nitrogen and oxygen atoms in total. The van der Waals surface area contributed by atoms with Gasteiger partial charge in [-0.15, -0.1) is 0 Å². The maximum atomic E-state index is 11.0. The third-order valence-electron chi connectivity index (χ3n) is 3.60. The van der Waals surface area contributed by atoms with Gasteiger partial charge in [0.1, 0.15) is 5.82 Å². The Morgan fingerprint density at radius 1 is 1.48 bits per heavy atom. The van der Waals surface area contributed by atoms with Crippen molar-refractivity contribution in [1.82, 2.24) is 9.97 Å². The number of hydrogen-bond acceptors (Lipinski definition) is 4. The van der Waals surface area contributed by atoms with Crippen LogP contribution in [0.1, 0.15) is 38.1 Å².